The molecule has 1 N–H and O–H groups in total. The van der Waals surface area contributed by atoms with Crippen LogP contribution < -0.4 is 5.32 Å². The number of ether oxygens (including phenoxy) is 2. The predicted molar refractivity (Wildman–Crippen MR) is 88.7 cm³/mol. The second-order valence-electron chi connectivity index (χ2n) is 4.72. The maximum atomic E-state index is 12.0. The number of carbonyl (C=O) groups excluding carboxylic acids is 2. The summed E-state index contributed by atoms with van der Waals surface area (Å²) in [4.78, 5) is 23.9. The lowest BCUT2D eigenvalue weighted by atomic mass is 10.1. The number of hydrogen-bond acceptors (Lipinski definition) is 4. The van der Waals surface area contributed by atoms with Gasteiger partial charge < -0.3 is 14.8 Å². The molecule has 2 aromatic carbocycles. The van der Waals surface area contributed by atoms with E-state index in [1.54, 1.807) is 18.2 Å². The topological polar surface area (TPSA) is 64.6 Å². The van der Waals surface area contributed by atoms with E-state index in [0.29, 0.717) is 5.56 Å². The second kappa shape index (κ2) is 8.33. The summed E-state index contributed by atoms with van der Waals surface area (Å²) in [6.07, 6.45) is -0.691. The van der Waals surface area contributed by atoms with Crippen LogP contribution in [0, 0.1) is 0 Å². The summed E-state index contributed by atoms with van der Waals surface area (Å²) < 4.78 is 10.7. The van der Waals surface area contributed by atoms with Crippen LogP contribution in [0.2, 0.25) is 0 Å². The largest absolute Gasteiger partial charge is 0.467 e. The molecule has 0 aromatic heterocycles. The van der Waals surface area contributed by atoms with Crippen LogP contribution in [0.4, 0.5) is 4.79 Å². The van der Waals surface area contributed by atoms with Crippen LogP contribution >= 0.6 is 15.9 Å². The van der Waals surface area contributed by atoms with Gasteiger partial charge in [0.25, 0.3) is 0 Å². The van der Waals surface area contributed by atoms with Crippen molar-refractivity contribution >= 4 is 28.0 Å². The van der Waals surface area contributed by atoms with Gasteiger partial charge in [0, 0.05) is 4.47 Å². The van der Waals surface area contributed by atoms with E-state index in [1.165, 1.54) is 7.11 Å². The van der Waals surface area contributed by atoms with E-state index in [9.17, 15) is 9.59 Å². The van der Waals surface area contributed by atoms with Crippen LogP contribution in [0.3, 0.4) is 0 Å². The number of methoxy groups -OCH3 is 1. The predicted octanol–water partition coefficient (Wildman–Crippen LogP) is 3.59. The first kappa shape index (κ1) is 17.0. The van der Waals surface area contributed by atoms with E-state index in [0.717, 1.165) is 10.0 Å². The third-order valence-electron chi connectivity index (χ3n) is 3.09. The molecule has 23 heavy (non-hydrogen) atoms. The SMILES string of the molecule is COC(=O)C(NC(=O)OCc1ccccc1)c1cccc(Br)c1. The Morgan fingerprint density at radius 2 is 1.87 bits per heavy atom. The number of carbonyl (C=O) groups is 2. The fourth-order valence-corrected chi connectivity index (χ4v) is 2.38. The van der Waals surface area contributed by atoms with Gasteiger partial charge in [-0.3, -0.25) is 0 Å². The minimum Gasteiger partial charge on any atom is -0.467 e. The van der Waals surface area contributed by atoms with Crippen molar-refractivity contribution in [2.75, 3.05) is 7.11 Å². The first-order valence-electron chi connectivity index (χ1n) is 6.90. The van der Waals surface area contributed by atoms with Gasteiger partial charge in [-0.25, -0.2) is 9.59 Å². The Labute approximate surface area is 142 Å². The number of amides is 1. The highest BCUT2D eigenvalue weighted by molar-refractivity contribution is 9.10. The van der Waals surface area contributed by atoms with Gasteiger partial charge >= 0.3 is 12.1 Å². The molecule has 2 aromatic rings. The summed E-state index contributed by atoms with van der Waals surface area (Å²) in [7, 11) is 1.27. The molecule has 2 rings (SSSR count). The van der Waals surface area contributed by atoms with Crippen molar-refractivity contribution in [2.45, 2.75) is 12.6 Å². The van der Waals surface area contributed by atoms with Crippen molar-refractivity contribution in [2.24, 2.45) is 0 Å². The molecule has 0 aliphatic carbocycles. The average molecular weight is 378 g/mol. The Bertz CT molecular complexity index is 675. The van der Waals surface area contributed by atoms with E-state index < -0.39 is 18.1 Å². The Balaban J connectivity index is 2.03. The standard InChI is InChI=1S/C17H16BrNO4/c1-22-16(20)15(13-8-5-9-14(18)10-13)19-17(21)23-11-12-6-3-2-4-7-12/h2-10,15H,11H2,1H3,(H,19,21). The molecule has 5 nitrogen and oxygen atoms in total. The quantitative estimate of drug-likeness (QED) is 0.808. The highest BCUT2D eigenvalue weighted by Gasteiger charge is 2.24. The van der Waals surface area contributed by atoms with E-state index in [2.05, 4.69) is 21.2 Å². The first-order chi connectivity index (χ1) is 11.1. The monoisotopic (exact) mass is 377 g/mol. The molecule has 6 heteroatoms. The number of hydrogen-bond donors (Lipinski definition) is 1. The lowest BCUT2D eigenvalue weighted by molar-refractivity contribution is -0.143. The molecular formula is C17H16BrNO4. The third-order valence-corrected chi connectivity index (χ3v) is 3.59. The summed E-state index contributed by atoms with van der Waals surface area (Å²) >= 11 is 3.33. The first-order valence-corrected chi connectivity index (χ1v) is 7.70. The Morgan fingerprint density at radius 1 is 1.13 bits per heavy atom. The number of benzene rings is 2. The molecule has 0 fully saturated rings. The molecule has 1 atom stereocenters. The van der Waals surface area contributed by atoms with Crippen LogP contribution in [0.25, 0.3) is 0 Å². The van der Waals surface area contributed by atoms with Gasteiger partial charge in [0.05, 0.1) is 7.11 Å². The van der Waals surface area contributed by atoms with Gasteiger partial charge in [-0.1, -0.05) is 58.4 Å². The highest BCUT2D eigenvalue weighted by atomic mass is 79.9. The maximum absolute atomic E-state index is 12.0. The van der Waals surface area contributed by atoms with Gasteiger partial charge in [-0.05, 0) is 23.3 Å². The molecule has 1 amide bonds. The Morgan fingerprint density at radius 3 is 2.52 bits per heavy atom. The molecule has 0 spiro atoms. The fraction of sp³-hybridized carbons (Fsp3) is 0.176. The highest BCUT2D eigenvalue weighted by Crippen LogP contribution is 2.19. The van der Waals surface area contributed by atoms with Crippen LogP contribution in [-0.2, 0) is 20.9 Å². The smallest absolute Gasteiger partial charge is 0.408 e. The normalized spacial score (nSPS) is 11.4. The van der Waals surface area contributed by atoms with Crippen molar-refractivity contribution in [3.05, 3.63) is 70.2 Å². The van der Waals surface area contributed by atoms with Gasteiger partial charge in [-0.15, -0.1) is 0 Å². The molecule has 120 valence electrons. The van der Waals surface area contributed by atoms with Crippen molar-refractivity contribution in [3.8, 4) is 0 Å². The number of rotatable bonds is 5. The summed E-state index contributed by atoms with van der Waals surface area (Å²) in [5, 5.41) is 2.52. The van der Waals surface area contributed by atoms with E-state index in [4.69, 9.17) is 9.47 Å². The van der Waals surface area contributed by atoms with Gasteiger partial charge in [0.1, 0.15) is 6.61 Å². The molecule has 1 unspecified atom stereocenters. The van der Waals surface area contributed by atoms with Crippen molar-refractivity contribution in [1.82, 2.24) is 5.32 Å². The molecule has 0 aliphatic rings. The number of nitrogens with one attached hydrogen (secondary N) is 1. The summed E-state index contributed by atoms with van der Waals surface area (Å²) in [6, 6.07) is 15.4. The zero-order valence-electron chi connectivity index (χ0n) is 12.5. The van der Waals surface area contributed by atoms with Crippen LogP contribution in [0.1, 0.15) is 17.2 Å². The molecule has 0 heterocycles. The lowest BCUT2D eigenvalue weighted by Crippen LogP contribution is -2.34. The minimum atomic E-state index is -0.930. The van der Waals surface area contributed by atoms with Crippen LogP contribution in [0.15, 0.2) is 59.1 Å². The summed E-state index contributed by atoms with van der Waals surface area (Å²) in [5.74, 6) is -0.570. The van der Waals surface area contributed by atoms with E-state index >= 15 is 0 Å². The fourth-order valence-electron chi connectivity index (χ4n) is 1.96. The molecule has 0 aliphatic heterocycles. The second-order valence-corrected chi connectivity index (χ2v) is 5.63. The number of halogens is 1. The van der Waals surface area contributed by atoms with Gasteiger partial charge in [0.2, 0.25) is 0 Å². The van der Waals surface area contributed by atoms with Gasteiger partial charge in [0.15, 0.2) is 6.04 Å². The Hall–Kier alpha value is -2.34. The molecule has 0 bridgehead atoms. The van der Waals surface area contributed by atoms with Crippen LogP contribution in [0.5, 0.6) is 0 Å². The zero-order chi connectivity index (χ0) is 16.7. The Kier molecular flexibility index (Phi) is 6.17. The van der Waals surface area contributed by atoms with Crippen molar-refractivity contribution in [1.29, 1.82) is 0 Å². The third kappa shape index (κ3) is 5.10. The minimum absolute atomic E-state index is 0.124. The lowest BCUT2D eigenvalue weighted by Gasteiger charge is -2.17. The van der Waals surface area contributed by atoms with E-state index in [1.807, 2.05) is 36.4 Å². The summed E-state index contributed by atoms with van der Waals surface area (Å²) in [6.45, 7) is 0.124. The van der Waals surface area contributed by atoms with E-state index in [-0.39, 0.29) is 6.61 Å². The molecule has 0 radical (unpaired) electrons. The number of alkyl carbamates (subject to hydrolysis) is 1. The van der Waals surface area contributed by atoms with Crippen LogP contribution in [-0.4, -0.2) is 19.2 Å². The maximum Gasteiger partial charge on any atom is 0.408 e. The molecule has 0 saturated heterocycles. The average Bonchev–Trinajstić information content (AvgIpc) is 2.58. The summed E-state index contributed by atoms with van der Waals surface area (Å²) in [5.41, 5.74) is 1.46. The van der Waals surface area contributed by atoms with Gasteiger partial charge in [-0.2, -0.15) is 0 Å². The zero-order valence-corrected chi connectivity index (χ0v) is 14.1. The molecular weight excluding hydrogens is 362 g/mol. The molecule has 0 saturated carbocycles. The van der Waals surface area contributed by atoms with Crippen molar-refractivity contribution < 1.29 is 19.1 Å². The van der Waals surface area contributed by atoms with Crippen molar-refractivity contribution in [3.63, 3.8) is 0 Å². The number of esters is 1.